The largest absolute Gasteiger partial charge is 0.466 e. The highest BCUT2D eigenvalue weighted by atomic mass is 16.5. The number of aryl methyl sites for hydroxylation is 2. The van der Waals surface area contributed by atoms with Crippen LogP contribution in [0.25, 0.3) is 0 Å². The summed E-state index contributed by atoms with van der Waals surface area (Å²) in [5, 5.41) is 0. The van der Waals surface area contributed by atoms with Crippen molar-refractivity contribution in [2.45, 2.75) is 59.0 Å². The highest BCUT2D eigenvalue weighted by molar-refractivity contribution is 5.95. The van der Waals surface area contributed by atoms with E-state index < -0.39 is 0 Å². The molecule has 2 aliphatic heterocycles. The molecule has 0 aromatic carbocycles. The number of rotatable bonds is 8. The number of likely N-dealkylation sites (tertiary alicyclic amines) is 1. The van der Waals surface area contributed by atoms with Gasteiger partial charge in [-0.15, -0.1) is 0 Å². The average Bonchev–Trinajstić information content (AvgIpc) is 3.39. The zero-order chi connectivity index (χ0) is 22.4. The standard InChI is InChI=1S/C23H34N2O6/c1-4-29-23(28)18-7-5-10-24(14-18)21(26)9-11-25(15-19-8-6-12-30-19)22(27)20-13-16(2)31-17(20)3/h13,18-19H,4-12,14-15H2,1-3H3. The van der Waals surface area contributed by atoms with Crippen LogP contribution in [0.3, 0.4) is 0 Å². The summed E-state index contributed by atoms with van der Waals surface area (Å²) in [4.78, 5) is 41.6. The highest BCUT2D eigenvalue weighted by Crippen LogP contribution is 2.21. The molecule has 2 fully saturated rings. The van der Waals surface area contributed by atoms with Crippen LogP contribution in [0.4, 0.5) is 0 Å². The predicted molar refractivity (Wildman–Crippen MR) is 114 cm³/mol. The number of carbonyl (C=O) groups excluding carboxylic acids is 3. The van der Waals surface area contributed by atoms with E-state index in [0.29, 0.717) is 56.5 Å². The molecular formula is C23H34N2O6. The maximum absolute atomic E-state index is 13.2. The topological polar surface area (TPSA) is 89.3 Å². The van der Waals surface area contributed by atoms with Gasteiger partial charge in [0.25, 0.3) is 5.91 Å². The van der Waals surface area contributed by atoms with E-state index in [2.05, 4.69) is 0 Å². The van der Waals surface area contributed by atoms with Gasteiger partial charge in [-0.25, -0.2) is 0 Å². The molecule has 0 saturated carbocycles. The maximum atomic E-state index is 13.2. The molecule has 0 spiro atoms. The number of ether oxygens (including phenoxy) is 2. The molecular weight excluding hydrogens is 400 g/mol. The molecule has 0 aliphatic carbocycles. The molecule has 2 amide bonds. The van der Waals surface area contributed by atoms with Gasteiger partial charge in [0.15, 0.2) is 0 Å². The monoisotopic (exact) mass is 434 g/mol. The number of carbonyl (C=O) groups is 3. The first-order valence-corrected chi connectivity index (χ1v) is 11.3. The number of amides is 2. The van der Waals surface area contributed by atoms with Crippen LogP contribution in [-0.4, -0.2) is 73.1 Å². The zero-order valence-electron chi connectivity index (χ0n) is 18.9. The van der Waals surface area contributed by atoms with Gasteiger partial charge in [-0.05, 0) is 52.5 Å². The van der Waals surface area contributed by atoms with E-state index in [1.807, 2.05) is 6.92 Å². The van der Waals surface area contributed by atoms with Crippen molar-refractivity contribution < 1.29 is 28.3 Å². The fourth-order valence-corrected chi connectivity index (χ4v) is 4.37. The Balaban J connectivity index is 1.62. The van der Waals surface area contributed by atoms with Crippen molar-refractivity contribution in [2.24, 2.45) is 5.92 Å². The smallest absolute Gasteiger partial charge is 0.310 e. The van der Waals surface area contributed by atoms with Gasteiger partial charge < -0.3 is 23.7 Å². The molecule has 8 heteroatoms. The minimum absolute atomic E-state index is 0.00413. The summed E-state index contributed by atoms with van der Waals surface area (Å²) in [5.74, 6) is 0.589. The quantitative estimate of drug-likeness (QED) is 0.585. The van der Waals surface area contributed by atoms with Gasteiger partial charge in [-0.3, -0.25) is 14.4 Å². The van der Waals surface area contributed by atoms with Gasteiger partial charge in [0.2, 0.25) is 5.91 Å². The Hall–Kier alpha value is -2.35. The van der Waals surface area contributed by atoms with E-state index >= 15 is 0 Å². The van der Waals surface area contributed by atoms with Crippen LogP contribution in [0.15, 0.2) is 10.5 Å². The van der Waals surface area contributed by atoms with Gasteiger partial charge >= 0.3 is 5.97 Å². The lowest BCUT2D eigenvalue weighted by Gasteiger charge is -2.32. The van der Waals surface area contributed by atoms with Gasteiger partial charge in [0.05, 0.1) is 24.2 Å². The zero-order valence-corrected chi connectivity index (χ0v) is 18.9. The third kappa shape index (κ3) is 6.09. The fraction of sp³-hybridized carbons (Fsp3) is 0.696. The van der Waals surface area contributed by atoms with Crippen molar-refractivity contribution in [3.8, 4) is 0 Å². The second kappa shape index (κ2) is 10.8. The van der Waals surface area contributed by atoms with Crippen molar-refractivity contribution in [2.75, 3.05) is 39.4 Å². The Labute approximate surface area is 183 Å². The number of furan rings is 1. The lowest BCUT2D eigenvalue weighted by atomic mass is 9.98. The molecule has 0 radical (unpaired) electrons. The molecule has 1 aromatic heterocycles. The normalized spacial score (nSPS) is 21.2. The first-order valence-electron chi connectivity index (χ1n) is 11.3. The number of hydrogen-bond acceptors (Lipinski definition) is 6. The summed E-state index contributed by atoms with van der Waals surface area (Å²) in [6.45, 7) is 8.21. The molecule has 0 N–H and O–H groups in total. The van der Waals surface area contributed by atoms with E-state index in [0.717, 1.165) is 25.7 Å². The van der Waals surface area contributed by atoms with E-state index in [-0.39, 0.29) is 36.2 Å². The summed E-state index contributed by atoms with van der Waals surface area (Å²) >= 11 is 0. The van der Waals surface area contributed by atoms with Crippen LogP contribution in [0, 0.1) is 19.8 Å². The number of piperidine rings is 1. The van der Waals surface area contributed by atoms with Crippen molar-refractivity contribution in [1.82, 2.24) is 9.80 Å². The van der Waals surface area contributed by atoms with Gasteiger partial charge in [-0.1, -0.05) is 0 Å². The summed E-state index contributed by atoms with van der Waals surface area (Å²) in [5.41, 5.74) is 0.531. The van der Waals surface area contributed by atoms with Crippen molar-refractivity contribution in [3.63, 3.8) is 0 Å². The lowest BCUT2D eigenvalue weighted by molar-refractivity contribution is -0.151. The predicted octanol–water partition coefficient (Wildman–Crippen LogP) is 2.71. The Morgan fingerprint density at radius 2 is 2.03 bits per heavy atom. The van der Waals surface area contributed by atoms with Crippen molar-refractivity contribution >= 4 is 17.8 Å². The van der Waals surface area contributed by atoms with Gasteiger partial charge in [0.1, 0.15) is 11.5 Å². The second-order valence-electron chi connectivity index (χ2n) is 8.39. The molecule has 31 heavy (non-hydrogen) atoms. The Morgan fingerprint density at radius 3 is 2.68 bits per heavy atom. The molecule has 2 saturated heterocycles. The third-order valence-electron chi connectivity index (χ3n) is 6.00. The van der Waals surface area contributed by atoms with Gasteiger partial charge in [0, 0.05) is 39.2 Å². The molecule has 0 bridgehead atoms. The van der Waals surface area contributed by atoms with E-state index in [1.165, 1.54) is 0 Å². The van der Waals surface area contributed by atoms with Crippen LogP contribution in [0.2, 0.25) is 0 Å². The summed E-state index contributed by atoms with van der Waals surface area (Å²) in [6, 6.07) is 1.75. The Kier molecular flexibility index (Phi) is 8.12. The average molecular weight is 435 g/mol. The van der Waals surface area contributed by atoms with E-state index in [1.54, 1.807) is 29.7 Å². The molecule has 172 valence electrons. The van der Waals surface area contributed by atoms with Crippen molar-refractivity contribution in [1.29, 1.82) is 0 Å². The summed E-state index contributed by atoms with van der Waals surface area (Å²) in [6.07, 6.45) is 3.62. The molecule has 1 aromatic rings. The molecule has 2 unspecified atom stereocenters. The van der Waals surface area contributed by atoms with Crippen LogP contribution in [0.5, 0.6) is 0 Å². The first-order chi connectivity index (χ1) is 14.9. The van der Waals surface area contributed by atoms with Crippen molar-refractivity contribution in [3.05, 3.63) is 23.2 Å². The minimum Gasteiger partial charge on any atom is -0.466 e. The number of nitrogens with zero attached hydrogens (tertiary/aromatic N) is 2. The SMILES string of the molecule is CCOC(=O)C1CCCN(C(=O)CCN(CC2CCCO2)C(=O)c2cc(C)oc2C)C1. The molecule has 3 rings (SSSR count). The molecule has 2 aliphatic rings. The number of hydrogen-bond donors (Lipinski definition) is 0. The Bertz CT molecular complexity index is 783. The number of esters is 1. The molecule has 3 heterocycles. The highest BCUT2D eigenvalue weighted by Gasteiger charge is 2.31. The first kappa shape index (κ1) is 23.3. The third-order valence-corrected chi connectivity index (χ3v) is 6.00. The maximum Gasteiger partial charge on any atom is 0.310 e. The van der Waals surface area contributed by atoms with Crippen LogP contribution in [0.1, 0.15) is 60.9 Å². The Morgan fingerprint density at radius 1 is 1.23 bits per heavy atom. The molecule has 8 nitrogen and oxygen atoms in total. The molecule has 2 atom stereocenters. The summed E-state index contributed by atoms with van der Waals surface area (Å²) < 4.78 is 16.4. The van der Waals surface area contributed by atoms with Gasteiger partial charge in [-0.2, -0.15) is 0 Å². The summed E-state index contributed by atoms with van der Waals surface area (Å²) in [7, 11) is 0. The minimum atomic E-state index is -0.265. The lowest BCUT2D eigenvalue weighted by Crippen LogP contribution is -2.45. The van der Waals surface area contributed by atoms with Crippen LogP contribution >= 0.6 is 0 Å². The fourth-order valence-electron chi connectivity index (χ4n) is 4.37. The van der Waals surface area contributed by atoms with Crippen LogP contribution in [-0.2, 0) is 19.1 Å². The second-order valence-corrected chi connectivity index (χ2v) is 8.39. The van der Waals surface area contributed by atoms with E-state index in [9.17, 15) is 14.4 Å². The van der Waals surface area contributed by atoms with E-state index in [4.69, 9.17) is 13.9 Å². The van der Waals surface area contributed by atoms with Crippen LogP contribution < -0.4 is 0 Å².